The summed E-state index contributed by atoms with van der Waals surface area (Å²) >= 11 is 0. The summed E-state index contributed by atoms with van der Waals surface area (Å²) in [5.74, 6) is 1.48. The molecule has 19 heavy (non-hydrogen) atoms. The fraction of sp³-hybridized carbons (Fsp3) is 0.786. The van der Waals surface area contributed by atoms with Crippen molar-refractivity contribution in [1.82, 2.24) is 20.5 Å². The molecule has 1 aromatic rings. The Kier molecular flexibility index (Phi) is 2.53. The van der Waals surface area contributed by atoms with E-state index in [1.165, 1.54) is 19.3 Å². The average Bonchev–Trinajstić information content (AvgIpc) is 2.96. The molecule has 1 amide bonds. The Morgan fingerprint density at radius 1 is 1.42 bits per heavy atom. The largest absolute Gasteiger partial charge is 0.345 e. The molecule has 2 N–H and O–H groups in total. The average molecular weight is 262 g/mol. The highest BCUT2D eigenvalue weighted by atomic mass is 16.2. The number of amides is 1. The van der Waals surface area contributed by atoms with Gasteiger partial charge in [-0.2, -0.15) is 0 Å². The number of fused-ring (bicyclic) bond motifs is 2. The van der Waals surface area contributed by atoms with Crippen LogP contribution in [0.4, 0.5) is 0 Å². The van der Waals surface area contributed by atoms with Gasteiger partial charge in [0.1, 0.15) is 5.82 Å². The molecule has 2 bridgehead atoms. The molecule has 0 spiro atoms. The summed E-state index contributed by atoms with van der Waals surface area (Å²) in [7, 11) is 0. The SMILES string of the molecule is Cc1nc(C(=O)NC2C3(C)CCC(C3)C2(C)C)n[nH]1. The first-order chi connectivity index (χ1) is 8.83. The highest BCUT2D eigenvalue weighted by Crippen LogP contribution is 2.62. The van der Waals surface area contributed by atoms with E-state index >= 15 is 0 Å². The van der Waals surface area contributed by atoms with Gasteiger partial charge in [-0.15, -0.1) is 5.10 Å². The molecule has 3 rings (SSSR count). The first kappa shape index (κ1) is 12.6. The van der Waals surface area contributed by atoms with Crippen molar-refractivity contribution in [3.8, 4) is 0 Å². The van der Waals surface area contributed by atoms with Crippen LogP contribution in [0.25, 0.3) is 0 Å². The van der Waals surface area contributed by atoms with Crippen molar-refractivity contribution in [2.45, 2.75) is 53.0 Å². The van der Waals surface area contributed by atoms with Gasteiger partial charge in [0.05, 0.1) is 0 Å². The second-order valence-corrected chi connectivity index (χ2v) is 7.07. The smallest absolute Gasteiger partial charge is 0.291 e. The van der Waals surface area contributed by atoms with Gasteiger partial charge in [-0.3, -0.25) is 9.89 Å². The number of carbonyl (C=O) groups is 1. The van der Waals surface area contributed by atoms with E-state index in [2.05, 4.69) is 41.3 Å². The number of aromatic amines is 1. The highest BCUT2D eigenvalue weighted by Gasteiger charge is 2.59. The molecule has 0 radical (unpaired) electrons. The maximum Gasteiger partial charge on any atom is 0.291 e. The lowest BCUT2D eigenvalue weighted by molar-refractivity contribution is 0.0728. The molecule has 0 saturated heterocycles. The van der Waals surface area contributed by atoms with Gasteiger partial charge < -0.3 is 5.32 Å². The lowest BCUT2D eigenvalue weighted by Crippen LogP contribution is -2.52. The molecule has 3 unspecified atom stereocenters. The molecule has 0 aromatic carbocycles. The van der Waals surface area contributed by atoms with Gasteiger partial charge in [0.25, 0.3) is 5.91 Å². The Bertz CT molecular complexity index is 517. The Balaban J connectivity index is 1.81. The van der Waals surface area contributed by atoms with Gasteiger partial charge in [-0.05, 0) is 42.9 Å². The van der Waals surface area contributed by atoms with Crippen LogP contribution in [0.3, 0.4) is 0 Å². The zero-order valence-electron chi connectivity index (χ0n) is 12.1. The summed E-state index contributed by atoms with van der Waals surface area (Å²) in [5, 5.41) is 9.85. The van der Waals surface area contributed by atoms with Gasteiger partial charge in [0.15, 0.2) is 0 Å². The molecule has 1 heterocycles. The third kappa shape index (κ3) is 1.78. The lowest BCUT2D eigenvalue weighted by Gasteiger charge is -2.42. The van der Waals surface area contributed by atoms with Crippen molar-refractivity contribution < 1.29 is 4.79 Å². The second kappa shape index (κ2) is 3.81. The number of nitrogens with zero attached hydrogens (tertiary/aromatic N) is 2. The van der Waals surface area contributed by atoms with Crippen LogP contribution in [0.2, 0.25) is 0 Å². The third-order valence-corrected chi connectivity index (χ3v) is 5.35. The first-order valence-corrected chi connectivity index (χ1v) is 7.03. The van der Waals surface area contributed by atoms with Gasteiger partial charge in [0.2, 0.25) is 5.82 Å². The number of rotatable bonds is 2. The number of hydrogen-bond donors (Lipinski definition) is 2. The summed E-state index contributed by atoms with van der Waals surface area (Å²) < 4.78 is 0. The summed E-state index contributed by atoms with van der Waals surface area (Å²) in [5.41, 5.74) is 0.392. The van der Waals surface area contributed by atoms with Crippen molar-refractivity contribution in [1.29, 1.82) is 0 Å². The molecular formula is C14H22N4O. The highest BCUT2D eigenvalue weighted by molar-refractivity contribution is 5.90. The predicted molar refractivity (Wildman–Crippen MR) is 71.6 cm³/mol. The van der Waals surface area contributed by atoms with E-state index in [0.717, 1.165) is 5.92 Å². The van der Waals surface area contributed by atoms with Crippen LogP contribution in [0, 0.1) is 23.7 Å². The van der Waals surface area contributed by atoms with E-state index in [1.807, 2.05) is 0 Å². The van der Waals surface area contributed by atoms with Crippen LogP contribution in [0.15, 0.2) is 0 Å². The van der Waals surface area contributed by atoms with E-state index in [-0.39, 0.29) is 28.6 Å². The molecular weight excluding hydrogens is 240 g/mol. The quantitative estimate of drug-likeness (QED) is 0.857. The van der Waals surface area contributed by atoms with Crippen molar-refractivity contribution in [2.24, 2.45) is 16.7 Å². The molecule has 2 aliphatic carbocycles. The fourth-order valence-electron chi connectivity index (χ4n) is 4.30. The minimum atomic E-state index is -0.156. The number of aryl methyl sites for hydroxylation is 1. The number of H-pyrrole nitrogens is 1. The number of hydrogen-bond acceptors (Lipinski definition) is 3. The Morgan fingerprint density at radius 2 is 2.16 bits per heavy atom. The lowest BCUT2D eigenvalue weighted by atomic mass is 9.68. The van der Waals surface area contributed by atoms with Crippen LogP contribution >= 0.6 is 0 Å². The minimum Gasteiger partial charge on any atom is -0.345 e. The Morgan fingerprint density at radius 3 is 2.68 bits per heavy atom. The number of nitrogens with one attached hydrogen (secondary N) is 2. The van der Waals surface area contributed by atoms with E-state index in [0.29, 0.717) is 5.82 Å². The van der Waals surface area contributed by atoms with Crippen LogP contribution in [0.5, 0.6) is 0 Å². The van der Waals surface area contributed by atoms with Gasteiger partial charge in [-0.1, -0.05) is 20.8 Å². The second-order valence-electron chi connectivity index (χ2n) is 7.07. The minimum absolute atomic E-state index is 0.156. The molecule has 2 fully saturated rings. The van der Waals surface area contributed by atoms with Crippen LogP contribution in [-0.4, -0.2) is 27.1 Å². The molecule has 1 aromatic heterocycles. The molecule has 2 aliphatic rings. The normalized spacial score (nSPS) is 35.6. The zero-order chi connectivity index (χ0) is 13.8. The van der Waals surface area contributed by atoms with Crippen LogP contribution < -0.4 is 5.32 Å². The van der Waals surface area contributed by atoms with Crippen LogP contribution in [-0.2, 0) is 0 Å². The fourth-order valence-corrected chi connectivity index (χ4v) is 4.30. The van der Waals surface area contributed by atoms with E-state index in [9.17, 15) is 4.79 Å². The zero-order valence-corrected chi connectivity index (χ0v) is 12.1. The topological polar surface area (TPSA) is 70.7 Å². The molecule has 0 aliphatic heterocycles. The van der Waals surface area contributed by atoms with Crippen molar-refractivity contribution in [2.75, 3.05) is 0 Å². The Hall–Kier alpha value is -1.39. The Labute approximate surface area is 113 Å². The van der Waals surface area contributed by atoms with Crippen LogP contribution in [0.1, 0.15) is 56.5 Å². The molecule has 5 heteroatoms. The monoisotopic (exact) mass is 262 g/mol. The molecule has 104 valence electrons. The summed E-state index contributed by atoms with van der Waals surface area (Å²) in [6.07, 6.45) is 3.71. The number of aromatic nitrogens is 3. The summed E-state index contributed by atoms with van der Waals surface area (Å²) in [4.78, 5) is 16.4. The third-order valence-electron chi connectivity index (χ3n) is 5.35. The van der Waals surface area contributed by atoms with E-state index in [4.69, 9.17) is 0 Å². The van der Waals surface area contributed by atoms with Crippen molar-refractivity contribution in [3.05, 3.63) is 11.6 Å². The van der Waals surface area contributed by atoms with Crippen molar-refractivity contribution >= 4 is 5.91 Å². The van der Waals surface area contributed by atoms with E-state index in [1.54, 1.807) is 6.92 Å². The number of carbonyl (C=O) groups excluding carboxylic acids is 1. The predicted octanol–water partition coefficient (Wildman–Crippen LogP) is 2.06. The maximum atomic E-state index is 12.3. The summed E-state index contributed by atoms with van der Waals surface area (Å²) in [6, 6.07) is 0.213. The maximum absolute atomic E-state index is 12.3. The van der Waals surface area contributed by atoms with Gasteiger partial charge in [0, 0.05) is 6.04 Å². The first-order valence-electron chi connectivity index (χ1n) is 7.03. The standard InChI is InChI=1S/C14H22N4O/c1-8-15-10(18-17-8)11(19)16-12-13(2,3)9-5-6-14(12,4)7-9/h9,12H,5-7H2,1-4H3,(H,16,19)(H,15,17,18). The van der Waals surface area contributed by atoms with Crippen molar-refractivity contribution in [3.63, 3.8) is 0 Å². The van der Waals surface area contributed by atoms with Gasteiger partial charge >= 0.3 is 0 Å². The summed E-state index contributed by atoms with van der Waals surface area (Å²) in [6.45, 7) is 8.65. The molecule has 5 nitrogen and oxygen atoms in total. The van der Waals surface area contributed by atoms with E-state index < -0.39 is 0 Å². The molecule has 3 atom stereocenters. The van der Waals surface area contributed by atoms with Gasteiger partial charge in [-0.25, -0.2) is 4.98 Å². The molecule has 2 saturated carbocycles.